The zero-order valence-electron chi connectivity index (χ0n) is 11.3. The minimum atomic E-state index is -0.772. The van der Waals surface area contributed by atoms with Crippen LogP contribution in [-0.4, -0.2) is 17.7 Å². The Labute approximate surface area is 122 Å². The third-order valence-corrected chi connectivity index (χ3v) is 3.96. The minimum Gasteiger partial charge on any atom is -0.492 e. The average molecular weight is 327 g/mol. The van der Waals surface area contributed by atoms with E-state index in [2.05, 4.69) is 15.9 Å². The van der Waals surface area contributed by atoms with Crippen molar-refractivity contribution in [1.29, 1.82) is 0 Å². The van der Waals surface area contributed by atoms with Gasteiger partial charge in [0.05, 0.1) is 17.0 Å². The fourth-order valence-electron chi connectivity index (χ4n) is 2.02. The molecule has 1 saturated carbocycles. The molecule has 0 spiro atoms. The summed E-state index contributed by atoms with van der Waals surface area (Å²) >= 11 is 3.52. The molecular weight excluding hydrogens is 308 g/mol. The predicted molar refractivity (Wildman–Crippen MR) is 77.6 cm³/mol. The van der Waals surface area contributed by atoms with Gasteiger partial charge in [0.2, 0.25) is 0 Å². The van der Waals surface area contributed by atoms with E-state index in [1.807, 2.05) is 19.1 Å². The maximum atomic E-state index is 11.0. The number of hydrogen-bond acceptors (Lipinski definition) is 2. The molecule has 0 bridgehead atoms. The first kappa shape index (κ1) is 14.4. The highest BCUT2D eigenvalue weighted by atomic mass is 79.9. The first-order valence-corrected chi connectivity index (χ1v) is 7.41. The fraction of sp³-hybridized carbons (Fsp3) is 0.533. The maximum Gasteiger partial charge on any atom is 0.306 e. The lowest BCUT2D eigenvalue weighted by Crippen LogP contribution is -2.13. The van der Waals surface area contributed by atoms with Gasteiger partial charge in [-0.3, -0.25) is 4.79 Å². The summed E-state index contributed by atoms with van der Waals surface area (Å²) < 4.78 is 6.81. The lowest BCUT2D eigenvalue weighted by molar-refractivity contribution is -0.141. The summed E-state index contributed by atoms with van der Waals surface area (Å²) in [5.41, 5.74) is 2.08. The monoisotopic (exact) mass is 326 g/mol. The molecule has 4 heteroatoms. The van der Waals surface area contributed by atoms with Gasteiger partial charge in [0.1, 0.15) is 5.75 Å². The molecule has 3 nitrogen and oxygen atoms in total. The lowest BCUT2D eigenvalue weighted by Gasteiger charge is -2.16. The van der Waals surface area contributed by atoms with Crippen LogP contribution in [0, 0.1) is 18.8 Å². The summed E-state index contributed by atoms with van der Waals surface area (Å²) in [6.07, 6.45) is 2.98. The normalized spacial score (nSPS) is 16.2. The van der Waals surface area contributed by atoms with E-state index in [-0.39, 0.29) is 0 Å². The molecule has 0 saturated heterocycles. The van der Waals surface area contributed by atoms with E-state index in [9.17, 15) is 4.79 Å². The maximum absolute atomic E-state index is 11.0. The second-order valence-electron chi connectivity index (χ2n) is 5.43. The largest absolute Gasteiger partial charge is 0.492 e. The van der Waals surface area contributed by atoms with Crippen LogP contribution in [0.25, 0.3) is 0 Å². The molecule has 1 aromatic carbocycles. The van der Waals surface area contributed by atoms with Crippen LogP contribution in [0.2, 0.25) is 0 Å². The average Bonchev–Trinajstić information content (AvgIpc) is 3.11. The van der Waals surface area contributed by atoms with Crippen molar-refractivity contribution < 1.29 is 14.6 Å². The minimum absolute atomic E-state index is 0.406. The van der Waals surface area contributed by atoms with E-state index in [4.69, 9.17) is 9.84 Å². The second-order valence-corrected chi connectivity index (χ2v) is 6.29. The predicted octanol–water partition coefficient (Wildman–Crippen LogP) is 3.81. The topological polar surface area (TPSA) is 46.5 Å². The number of aryl methyl sites for hydroxylation is 1. The van der Waals surface area contributed by atoms with Gasteiger partial charge in [-0.15, -0.1) is 0 Å². The SMILES string of the molecule is Cc1cc(Br)c(OCC2CC2)c(CC(C)C(=O)O)c1. The zero-order chi connectivity index (χ0) is 14.0. The fourth-order valence-corrected chi connectivity index (χ4v) is 2.75. The molecule has 0 amide bonds. The molecule has 0 heterocycles. The van der Waals surface area contributed by atoms with E-state index in [0.717, 1.165) is 28.0 Å². The highest BCUT2D eigenvalue weighted by Crippen LogP contribution is 2.35. The Kier molecular flexibility index (Phi) is 4.50. The van der Waals surface area contributed by atoms with Crippen molar-refractivity contribution in [2.45, 2.75) is 33.1 Å². The van der Waals surface area contributed by atoms with Gasteiger partial charge in [-0.05, 0) is 65.2 Å². The van der Waals surface area contributed by atoms with Gasteiger partial charge in [0.15, 0.2) is 0 Å². The number of carbonyl (C=O) groups is 1. The number of halogens is 1. The van der Waals surface area contributed by atoms with Crippen LogP contribution in [0.15, 0.2) is 16.6 Å². The second kappa shape index (κ2) is 5.95. The van der Waals surface area contributed by atoms with E-state index >= 15 is 0 Å². The van der Waals surface area contributed by atoms with Gasteiger partial charge in [-0.2, -0.15) is 0 Å². The number of carboxylic acid groups (broad SMARTS) is 1. The molecule has 1 atom stereocenters. The third kappa shape index (κ3) is 3.96. The Morgan fingerprint density at radius 2 is 2.21 bits per heavy atom. The number of hydrogen-bond donors (Lipinski definition) is 1. The molecule has 1 aliphatic rings. The summed E-state index contributed by atoms with van der Waals surface area (Å²) in [4.78, 5) is 11.0. The van der Waals surface area contributed by atoms with Crippen LogP contribution in [0.1, 0.15) is 30.9 Å². The summed E-state index contributed by atoms with van der Waals surface area (Å²) in [5, 5.41) is 9.05. The summed E-state index contributed by atoms with van der Waals surface area (Å²) in [6, 6.07) is 4.03. The number of benzene rings is 1. The van der Waals surface area contributed by atoms with Gasteiger partial charge in [0, 0.05) is 0 Å². The Morgan fingerprint density at radius 1 is 1.53 bits per heavy atom. The van der Waals surface area contributed by atoms with Crippen LogP contribution < -0.4 is 4.74 Å². The Hall–Kier alpha value is -1.03. The van der Waals surface area contributed by atoms with Crippen molar-refractivity contribution in [2.75, 3.05) is 6.61 Å². The molecular formula is C15H19BrO3. The molecule has 1 unspecified atom stereocenters. The Morgan fingerprint density at radius 3 is 2.79 bits per heavy atom. The lowest BCUT2D eigenvalue weighted by atomic mass is 9.99. The first-order valence-electron chi connectivity index (χ1n) is 6.62. The molecule has 1 N–H and O–H groups in total. The number of aliphatic carboxylic acids is 1. The van der Waals surface area contributed by atoms with Crippen molar-refractivity contribution in [3.8, 4) is 5.75 Å². The van der Waals surface area contributed by atoms with Crippen molar-refractivity contribution in [2.24, 2.45) is 11.8 Å². The Balaban J connectivity index is 2.19. The highest BCUT2D eigenvalue weighted by molar-refractivity contribution is 9.10. The number of rotatable bonds is 6. The molecule has 104 valence electrons. The molecule has 0 radical (unpaired) electrons. The van der Waals surface area contributed by atoms with Crippen LogP contribution in [0.3, 0.4) is 0 Å². The van der Waals surface area contributed by atoms with E-state index in [0.29, 0.717) is 12.3 Å². The molecule has 0 aromatic heterocycles. The number of ether oxygens (including phenoxy) is 1. The quantitative estimate of drug-likeness (QED) is 0.864. The standard InChI is InChI=1S/C15H19BrO3/c1-9-5-12(7-10(2)15(17)18)14(13(16)6-9)19-8-11-3-4-11/h5-6,10-11H,3-4,7-8H2,1-2H3,(H,17,18). The van der Waals surface area contributed by atoms with E-state index < -0.39 is 11.9 Å². The zero-order valence-corrected chi connectivity index (χ0v) is 12.9. The molecule has 0 aliphatic heterocycles. The van der Waals surface area contributed by atoms with Crippen LogP contribution in [0.4, 0.5) is 0 Å². The van der Waals surface area contributed by atoms with Gasteiger partial charge in [-0.25, -0.2) is 0 Å². The van der Waals surface area contributed by atoms with Crippen LogP contribution >= 0.6 is 15.9 Å². The molecule has 1 aliphatic carbocycles. The summed E-state index contributed by atoms with van der Waals surface area (Å²) in [7, 11) is 0. The van der Waals surface area contributed by atoms with Gasteiger partial charge in [0.25, 0.3) is 0 Å². The van der Waals surface area contributed by atoms with Gasteiger partial charge in [-0.1, -0.05) is 13.0 Å². The van der Waals surface area contributed by atoms with Gasteiger partial charge < -0.3 is 9.84 Å². The summed E-state index contributed by atoms with van der Waals surface area (Å²) in [5.74, 6) is 0.311. The Bertz CT molecular complexity index is 481. The van der Waals surface area contributed by atoms with Crippen molar-refractivity contribution in [3.63, 3.8) is 0 Å². The van der Waals surface area contributed by atoms with Crippen LogP contribution in [0.5, 0.6) is 5.75 Å². The van der Waals surface area contributed by atoms with E-state index in [1.54, 1.807) is 6.92 Å². The van der Waals surface area contributed by atoms with Crippen molar-refractivity contribution in [1.82, 2.24) is 0 Å². The van der Waals surface area contributed by atoms with Gasteiger partial charge >= 0.3 is 5.97 Å². The van der Waals surface area contributed by atoms with Crippen molar-refractivity contribution in [3.05, 3.63) is 27.7 Å². The van der Waals surface area contributed by atoms with Crippen LogP contribution in [-0.2, 0) is 11.2 Å². The van der Waals surface area contributed by atoms with Crippen molar-refractivity contribution >= 4 is 21.9 Å². The molecule has 1 fully saturated rings. The smallest absolute Gasteiger partial charge is 0.306 e. The third-order valence-electron chi connectivity index (χ3n) is 3.37. The first-order chi connectivity index (χ1) is 8.97. The number of carboxylic acids is 1. The molecule has 2 rings (SSSR count). The summed E-state index contributed by atoms with van der Waals surface area (Å²) in [6.45, 7) is 4.46. The highest BCUT2D eigenvalue weighted by Gasteiger charge is 2.24. The molecule has 19 heavy (non-hydrogen) atoms. The van der Waals surface area contributed by atoms with E-state index in [1.165, 1.54) is 12.8 Å². The molecule has 1 aromatic rings.